The fourth-order valence-electron chi connectivity index (χ4n) is 1.80. The van der Waals surface area contributed by atoms with Gasteiger partial charge in [-0.15, -0.1) is 0 Å². The summed E-state index contributed by atoms with van der Waals surface area (Å²) in [6.07, 6.45) is 2.33. The van der Waals surface area contributed by atoms with E-state index in [4.69, 9.17) is 5.11 Å². The van der Waals surface area contributed by atoms with Crippen molar-refractivity contribution in [2.75, 3.05) is 13.1 Å². The van der Waals surface area contributed by atoms with E-state index in [1.807, 2.05) is 6.92 Å². The van der Waals surface area contributed by atoms with Crippen LogP contribution in [-0.2, 0) is 9.59 Å². The third-order valence-corrected chi connectivity index (χ3v) is 2.97. The van der Waals surface area contributed by atoms with Gasteiger partial charge in [0, 0.05) is 13.1 Å². The topological polar surface area (TPSA) is 57.6 Å². The molecule has 0 radical (unpaired) electrons. The third-order valence-electron chi connectivity index (χ3n) is 2.97. The summed E-state index contributed by atoms with van der Waals surface area (Å²) in [6.45, 7) is 6.06. The molecule has 78 valence electrons. The first-order valence-corrected chi connectivity index (χ1v) is 4.70. The first-order chi connectivity index (χ1) is 6.55. The summed E-state index contributed by atoms with van der Waals surface area (Å²) in [5.41, 5.74) is -0.737. The van der Waals surface area contributed by atoms with Gasteiger partial charge in [-0.2, -0.15) is 0 Å². The number of carbonyl (C=O) groups excluding carboxylic acids is 1. The molecule has 1 fully saturated rings. The maximum absolute atomic E-state index is 11.3. The average Bonchev–Trinajstić information content (AvgIpc) is 2.62. The van der Waals surface area contributed by atoms with Crippen LogP contribution in [0.15, 0.2) is 12.7 Å². The molecule has 0 saturated carbocycles. The molecule has 1 rings (SSSR count). The minimum Gasteiger partial charge on any atom is -0.481 e. The van der Waals surface area contributed by atoms with E-state index in [1.54, 1.807) is 4.90 Å². The number of hydrogen-bond donors (Lipinski definition) is 1. The van der Waals surface area contributed by atoms with Crippen LogP contribution in [0.1, 0.15) is 19.8 Å². The Morgan fingerprint density at radius 2 is 2.29 bits per heavy atom. The lowest BCUT2D eigenvalue weighted by molar-refractivity contribution is -0.148. The molecule has 4 nitrogen and oxygen atoms in total. The van der Waals surface area contributed by atoms with Crippen LogP contribution in [0.3, 0.4) is 0 Å². The summed E-state index contributed by atoms with van der Waals surface area (Å²) in [6, 6.07) is 0. The highest BCUT2D eigenvalue weighted by Crippen LogP contribution is 2.34. The van der Waals surface area contributed by atoms with Crippen LogP contribution in [0.2, 0.25) is 0 Å². The Morgan fingerprint density at radius 1 is 1.64 bits per heavy atom. The Kier molecular flexibility index (Phi) is 2.93. The van der Waals surface area contributed by atoms with E-state index in [-0.39, 0.29) is 5.91 Å². The molecule has 0 aromatic heterocycles. The second-order valence-electron chi connectivity index (χ2n) is 3.65. The molecule has 0 aliphatic carbocycles. The normalized spacial score (nSPS) is 26.2. The molecule has 4 heteroatoms. The quantitative estimate of drug-likeness (QED) is 0.683. The van der Waals surface area contributed by atoms with Gasteiger partial charge >= 0.3 is 5.97 Å². The predicted molar refractivity (Wildman–Crippen MR) is 51.8 cm³/mol. The van der Waals surface area contributed by atoms with Crippen LogP contribution < -0.4 is 0 Å². The van der Waals surface area contributed by atoms with Crippen molar-refractivity contribution in [3.63, 3.8) is 0 Å². The fraction of sp³-hybridized carbons (Fsp3) is 0.600. The van der Waals surface area contributed by atoms with Gasteiger partial charge in [0.15, 0.2) is 0 Å². The zero-order valence-electron chi connectivity index (χ0n) is 8.32. The average molecular weight is 197 g/mol. The van der Waals surface area contributed by atoms with Crippen molar-refractivity contribution >= 4 is 11.9 Å². The van der Waals surface area contributed by atoms with Crippen molar-refractivity contribution in [2.24, 2.45) is 5.41 Å². The number of aliphatic carboxylic acids is 1. The number of rotatable bonds is 3. The van der Waals surface area contributed by atoms with Crippen molar-refractivity contribution in [3.05, 3.63) is 12.7 Å². The van der Waals surface area contributed by atoms with Crippen LogP contribution in [0.25, 0.3) is 0 Å². The van der Waals surface area contributed by atoms with Gasteiger partial charge in [0.05, 0.1) is 5.41 Å². The lowest BCUT2D eigenvalue weighted by Gasteiger charge is -2.22. The van der Waals surface area contributed by atoms with Gasteiger partial charge in [-0.05, 0) is 18.9 Å². The lowest BCUT2D eigenvalue weighted by Crippen LogP contribution is -2.35. The molecule has 0 aromatic carbocycles. The predicted octanol–water partition coefficient (Wildman–Crippen LogP) is 0.886. The number of carboxylic acid groups (broad SMARTS) is 1. The van der Waals surface area contributed by atoms with Gasteiger partial charge in [-0.25, -0.2) is 0 Å². The highest BCUT2D eigenvalue weighted by molar-refractivity contribution is 5.88. The van der Waals surface area contributed by atoms with Gasteiger partial charge in [-0.3, -0.25) is 9.59 Å². The monoisotopic (exact) mass is 197 g/mol. The minimum atomic E-state index is -0.806. The summed E-state index contributed by atoms with van der Waals surface area (Å²) in [5, 5.41) is 9.07. The number of amides is 1. The highest BCUT2D eigenvalue weighted by Gasteiger charge is 2.44. The molecule has 1 N–H and O–H groups in total. The van der Waals surface area contributed by atoms with E-state index < -0.39 is 11.4 Å². The first-order valence-electron chi connectivity index (χ1n) is 4.70. The molecule has 0 spiro atoms. The maximum atomic E-state index is 11.3. The summed E-state index contributed by atoms with van der Waals surface area (Å²) >= 11 is 0. The van der Waals surface area contributed by atoms with Crippen LogP contribution in [0.4, 0.5) is 0 Å². The Morgan fingerprint density at radius 3 is 2.64 bits per heavy atom. The summed E-state index contributed by atoms with van der Waals surface area (Å²) in [5.74, 6) is -0.985. The van der Waals surface area contributed by atoms with E-state index in [9.17, 15) is 9.59 Å². The van der Waals surface area contributed by atoms with E-state index in [0.29, 0.717) is 25.9 Å². The molecule has 1 saturated heterocycles. The SMILES string of the molecule is C=CC(=O)N1CCC(CC)(C(=O)O)C1. The summed E-state index contributed by atoms with van der Waals surface area (Å²) in [4.78, 5) is 23.8. The Balaban J connectivity index is 2.75. The van der Waals surface area contributed by atoms with Gasteiger partial charge in [0.1, 0.15) is 0 Å². The van der Waals surface area contributed by atoms with E-state index in [1.165, 1.54) is 6.08 Å². The van der Waals surface area contributed by atoms with Gasteiger partial charge in [-0.1, -0.05) is 13.5 Å². The fourth-order valence-corrected chi connectivity index (χ4v) is 1.80. The van der Waals surface area contributed by atoms with Crippen molar-refractivity contribution in [2.45, 2.75) is 19.8 Å². The number of nitrogens with zero attached hydrogens (tertiary/aromatic N) is 1. The van der Waals surface area contributed by atoms with Crippen LogP contribution in [0.5, 0.6) is 0 Å². The highest BCUT2D eigenvalue weighted by atomic mass is 16.4. The van der Waals surface area contributed by atoms with Gasteiger partial charge in [0.25, 0.3) is 0 Å². The lowest BCUT2D eigenvalue weighted by atomic mass is 9.84. The molecule has 0 bridgehead atoms. The second kappa shape index (κ2) is 3.82. The van der Waals surface area contributed by atoms with Gasteiger partial charge < -0.3 is 10.0 Å². The zero-order valence-corrected chi connectivity index (χ0v) is 8.32. The maximum Gasteiger partial charge on any atom is 0.311 e. The molecule has 1 heterocycles. The second-order valence-corrected chi connectivity index (χ2v) is 3.65. The van der Waals surface area contributed by atoms with E-state index in [2.05, 4.69) is 6.58 Å². The van der Waals surface area contributed by atoms with Crippen LogP contribution >= 0.6 is 0 Å². The smallest absolute Gasteiger partial charge is 0.311 e. The molecule has 1 amide bonds. The zero-order chi connectivity index (χ0) is 10.8. The number of carboxylic acids is 1. The van der Waals surface area contributed by atoms with Crippen LogP contribution in [-0.4, -0.2) is 35.0 Å². The van der Waals surface area contributed by atoms with Crippen molar-refractivity contribution < 1.29 is 14.7 Å². The molecule has 1 aliphatic rings. The summed E-state index contributed by atoms with van der Waals surface area (Å²) < 4.78 is 0. The Hall–Kier alpha value is -1.32. The Labute approximate surface area is 83.2 Å². The van der Waals surface area contributed by atoms with E-state index in [0.717, 1.165) is 0 Å². The number of likely N-dealkylation sites (tertiary alicyclic amines) is 1. The number of hydrogen-bond acceptors (Lipinski definition) is 2. The van der Waals surface area contributed by atoms with Crippen LogP contribution in [0, 0.1) is 5.41 Å². The molecule has 1 aliphatic heterocycles. The van der Waals surface area contributed by atoms with Crippen molar-refractivity contribution in [1.82, 2.24) is 4.90 Å². The Bertz CT molecular complexity index is 275. The third kappa shape index (κ3) is 1.64. The minimum absolute atomic E-state index is 0.179. The molecule has 1 unspecified atom stereocenters. The molecule has 1 atom stereocenters. The first kappa shape index (κ1) is 10.8. The molecular formula is C10H15NO3. The van der Waals surface area contributed by atoms with Crippen molar-refractivity contribution in [1.29, 1.82) is 0 Å². The molecule has 0 aromatic rings. The molecule has 14 heavy (non-hydrogen) atoms. The van der Waals surface area contributed by atoms with Crippen molar-refractivity contribution in [3.8, 4) is 0 Å². The standard InChI is InChI=1S/C10H15NO3/c1-3-8(12)11-6-5-10(4-2,7-11)9(13)14/h3H,1,4-7H2,2H3,(H,13,14). The number of carbonyl (C=O) groups is 2. The largest absolute Gasteiger partial charge is 0.481 e. The molecular weight excluding hydrogens is 182 g/mol. The van der Waals surface area contributed by atoms with E-state index >= 15 is 0 Å². The summed E-state index contributed by atoms with van der Waals surface area (Å²) in [7, 11) is 0. The van der Waals surface area contributed by atoms with Gasteiger partial charge in [0.2, 0.25) is 5.91 Å².